The number of rotatable bonds is 4. The molecule has 1 aliphatic heterocycles. The zero-order valence-corrected chi connectivity index (χ0v) is 17.0. The fourth-order valence-corrected chi connectivity index (χ4v) is 3.71. The van der Waals surface area contributed by atoms with E-state index in [0.29, 0.717) is 60.9 Å². The maximum Gasteiger partial charge on any atom is 0.259 e. The molecule has 9 heteroatoms. The Bertz CT molecular complexity index is 1090. The molecule has 1 saturated heterocycles. The van der Waals surface area contributed by atoms with Crippen LogP contribution in [0.1, 0.15) is 23.0 Å². The molecule has 1 amide bonds. The predicted octanol–water partition coefficient (Wildman–Crippen LogP) is 2.67. The van der Waals surface area contributed by atoms with E-state index in [0.717, 1.165) is 12.1 Å². The summed E-state index contributed by atoms with van der Waals surface area (Å²) in [6, 6.07) is 5.70. The smallest absolute Gasteiger partial charge is 0.259 e. The van der Waals surface area contributed by atoms with E-state index in [1.165, 1.54) is 11.2 Å². The number of amides is 1. The first kappa shape index (κ1) is 20.8. The topological polar surface area (TPSA) is 97.0 Å². The number of carbonyl (C=O) groups excluding carboxylic acids is 1. The van der Waals surface area contributed by atoms with Crippen molar-refractivity contribution in [3.05, 3.63) is 59.7 Å². The number of pyridine rings is 1. The molecule has 0 atom stereocenters. The Hall–Kier alpha value is -3.46. The van der Waals surface area contributed by atoms with Crippen molar-refractivity contribution in [1.82, 2.24) is 25.2 Å². The number of nitrogen functional groups attached to an aromatic ring is 1. The number of hydrogen-bond donors (Lipinski definition) is 2. The summed E-state index contributed by atoms with van der Waals surface area (Å²) in [6.07, 6.45) is 3.52. The van der Waals surface area contributed by atoms with E-state index in [1.807, 2.05) is 6.92 Å². The number of aromatic nitrogens is 3. The lowest BCUT2D eigenvalue weighted by molar-refractivity contribution is 0.0726. The molecule has 3 heterocycles. The molecular formula is C22H22F2N6O. The van der Waals surface area contributed by atoms with Gasteiger partial charge < -0.3 is 16.0 Å². The highest BCUT2D eigenvalue weighted by Gasteiger charge is 2.26. The molecule has 1 aromatic carbocycles. The fourth-order valence-electron chi connectivity index (χ4n) is 3.71. The summed E-state index contributed by atoms with van der Waals surface area (Å²) < 4.78 is 30.0. The van der Waals surface area contributed by atoms with Crippen molar-refractivity contribution in [3.8, 4) is 22.4 Å². The fraction of sp³-hybridized carbons (Fsp3) is 0.273. The van der Waals surface area contributed by atoms with E-state index in [9.17, 15) is 13.6 Å². The second-order valence-electron chi connectivity index (χ2n) is 7.23. The van der Waals surface area contributed by atoms with Gasteiger partial charge in [-0.05, 0) is 30.7 Å². The summed E-state index contributed by atoms with van der Waals surface area (Å²) in [7, 11) is 0. The lowest BCUT2D eigenvalue weighted by Crippen LogP contribution is -2.46. The van der Waals surface area contributed by atoms with Crippen LogP contribution >= 0.6 is 0 Å². The van der Waals surface area contributed by atoms with Gasteiger partial charge in [0.1, 0.15) is 29.3 Å². The largest absolute Gasteiger partial charge is 0.384 e. The van der Waals surface area contributed by atoms with Gasteiger partial charge in [0.2, 0.25) is 0 Å². The van der Waals surface area contributed by atoms with Crippen molar-refractivity contribution < 1.29 is 13.6 Å². The van der Waals surface area contributed by atoms with Crippen LogP contribution in [0.25, 0.3) is 22.4 Å². The second kappa shape index (κ2) is 8.73. The third kappa shape index (κ3) is 4.09. The zero-order chi connectivity index (χ0) is 22.0. The first-order valence-electron chi connectivity index (χ1n) is 10.0. The average Bonchev–Trinajstić information content (AvgIpc) is 2.79. The van der Waals surface area contributed by atoms with E-state index in [-0.39, 0.29) is 5.56 Å². The standard InChI is InChI=1S/C22H22F2N6O/c1-2-17-19(13-3-4-18(25)27-11-13)21(29-12-28-17)14-9-15(23)20(16(24)10-14)22(31)30-7-5-26-6-8-30/h3-4,9-12,26H,2,5-8H2,1H3,(H2,25,27). The number of benzene rings is 1. The minimum absolute atomic E-state index is 0.218. The predicted molar refractivity (Wildman–Crippen MR) is 113 cm³/mol. The molecule has 0 spiro atoms. The van der Waals surface area contributed by atoms with Gasteiger partial charge in [0.15, 0.2) is 0 Å². The molecule has 3 N–H and O–H groups in total. The van der Waals surface area contributed by atoms with E-state index >= 15 is 0 Å². The zero-order valence-electron chi connectivity index (χ0n) is 17.0. The third-order valence-electron chi connectivity index (χ3n) is 5.27. The van der Waals surface area contributed by atoms with Gasteiger partial charge in [-0.25, -0.2) is 23.7 Å². The molecule has 0 bridgehead atoms. The number of halogens is 2. The summed E-state index contributed by atoms with van der Waals surface area (Å²) in [5.74, 6) is -2.14. The van der Waals surface area contributed by atoms with Gasteiger partial charge >= 0.3 is 0 Å². The van der Waals surface area contributed by atoms with Gasteiger partial charge in [-0.2, -0.15) is 0 Å². The van der Waals surface area contributed by atoms with Gasteiger partial charge in [-0.1, -0.05) is 6.92 Å². The number of nitrogens with zero attached hydrogens (tertiary/aromatic N) is 4. The number of anilines is 1. The Labute approximate surface area is 178 Å². The highest BCUT2D eigenvalue weighted by molar-refractivity contribution is 5.95. The highest BCUT2D eigenvalue weighted by Crippen LogP contribution is 2.34. The molecule has 4 rings (SSSR count). The van der Waals surface area contributed by atoms with Crippen LogP contribution in [0, 0.1) is 11.6 Å². The van der Waals surface area contributed by atoms with Crippen LogP contribution in [0.5, 0.6) is 0 Å². The van der Waals surface area contributed by atoms with Gasteiger partial charge in [-0.3, -0.25) is 4.79 Å². The SMILES string of the molecule is CCc1ncnc(-c2cc(F)c(C(=O)N3CCNCC3)c(F)c2)c1-c1ccc(N)nc1. The highest BCUT2D eigenvalue weighted by atomic mass is 19.1. The third-order valence-corrected chi connectivity index (χ3v) is 5.27. The number of nitrogens with two attached hydrogens (primary N) is 1. The van der Waals surface area contributed by atoms with Crippen molar-refractivity contribution in [2.45, 2.75) is 13.3 Å². The van der Waals surface area contributed by atoms with Gasteiger partial charge in [0.05, 0.1) is 11.4 Å². The normalized spacial score (nSPS) is 14.0. The Morgan fingerprint density at radius 2 is 1.81 bits per heavy atom. The molecule has 0 unspecified atom stereocenters. The van der Waals surface area contributed by atoms with Gasteiger partial charge in [0, 0.05) is 49.1 Å². The maximum absolute atomic E-state index is 15.0. The van der Waals surface area contributed by atoms with E-state index in [2.05, 4.69) is 20.3 Å². The number of nitrogens with one attached hydrogen (secondary N) is 1. The van der Waals surface area contributed by atoms with Crippen molar-refractivity contribution in [1.29, 1.82) is 0 Å². The minimum Gasteiger partial charge on any atom is -0.384 e. The van der Waals surface area contributed by atoms with Crippen molar-refractivity contribution in [2.75, 3.05) is 31.9 Å². The minimum atomic E-state index is -0.920. The summed E-state index contributed by atoms with van der Waals surface area (Å²) >= 11 is 0. The van der Waals surface area contributed by atoms with Crippen LogP contribution in [0.3, 0.4) is 0 Å². The molecule has 0 aliphatic carbocycles. The summed E-state index contributed by atoms with van der Waals surface area (Å²) in [5.41, 5.74) is 7.73. The van der Waals surface area contributed by atoms with Gasteiger partial charge in [-0.15, -0.1) is 0 Å². The van der Waals surface area contributed by atoms with Crippen molar-refractivity contribution >= 4 is 11.7 Å². The van der Waals surface area contributed by atoms with Crippen LogP contribution < -0.4 is 11.1 Å². The number of aryl methyl sites for hydroxylation is 1. The Balaban J connectivity index is 1.80. The number of carbonyl (C=O) groups is 1. The monoisotopic (exact) mass is 424 g/mol. The van der Waals surface area contributed by atoms with Gasteiger partial charge in [0.25, 0.3) is 5.91 Å². The van der Waals surface area contributed by atoms with Crippen LogP contribution in [-0.2, 0) is 6.42 Å². The first-order chi connectivity index (χ1) is 15.0. The Morgan fingerprint density at radius 3 is 2.42 bits per heavy atom. The number of piperazine rings is 1. The Kier molecular flexibility index (Phi) is 5.85. The Morgan fingerprint density at radius 1 is 1.10 bits per heavy atom. The lowest BCUT2D eigenvalue weighted by Gasteiger charge is -2.27. The molecule has 7 nitrogen and oxygen atoms in total. The lowest BCUT2D eigenvalue weighted by atomic mass is 9.96. The molecule has 0 radical (unpaired) electrons. The van der Waals surface area contributed by atoms with Crippen LogP contribution in [0.4, 0.5) is 14.6 Å². The summed E-state index contributed by atoms with van der Waals surface area (Å²) in [4.78, 5) is 26.8. The second-order valence-corrected chi connectivity index (χ2v) is 7.23. The molecule has 1 aliphatic rings. The van der Waals surface area contributed by atoms with E-state index in [1.54, 1.807) is 18.3 Å². The molecule has 2 aromatic heterocycles. The number of hydrogen-bond acceptors (Lipinski definition) is 6. The molecule has 1 fully saturated rings. The summed E-state index contributed by atoms with van der Waals surface area (Å²) in [5, 5.41) is 3.11. The quantitative estimate of drug-likeness (QED) is 0.669. The summed E-state index contributed by atoms with van der Waals surface area (Å²) in [6.45, 7) is 3.91. The van der Waals surface area contributed by atoms with Crippen molar-refractivity contribution in [3.63, 3.8) is 0 Å². The van der Waals surface area contributed by atoms with Crippen LogP contribution in [-0.4, -0.2) is 51.9 Å². The molecule has 31 heavy (non-hydrogen) atoms. The van der Waals surface area contributed by atoms with E-state index in [4.69, 9.17) is 5.73 Å². The first-order valence-corrected chi connectivity index (χ1v) is 10.0. The molecule has 0 saturated carbocycles. The molecular weight excluding hydrogens is 402 g/mol. The molecule has 160 valence electrons. The van der Waals surface area contributed by atoms with Crippen LogP contribution in [0.2, 0.25) is 0 Å². The maximum atomic E-state index is 15.0. The average molecular weight is 424 g/mol. The molecule has 3 aromatic rings. The van der Waals surface area contributed by atoms with E-state index < -0.39 is 23.1 Å². The van der Waals surface area contributed by atoms with Crippen molar-refractivity contribution in [2.24, 2.45) is 0 Å². The van der Waals surface area contributed by atoms with Crippen LogP contribution in [0.15, 0.2) is 36.8 Å².